The Labute approximate surface area is 96.7 Å². The molecule has 0 bridgehead atoms. The molecule has 16 heavy (non-hydrogen) atoms. The Morgan fingerprint density at radius 1 is 1.38 bits per heavy atom. The molecule has 0 aromatic carbocycles. The maximum absolute atomic E-state index is 9.75. The zero-order chi connectivity index (χ0) is 12.0. The SMILES string of the molecule is CCCOc1cc(C(C)C(O)CC)ncn1. The molecule has 1 N–H and O–H groups in total. The Balaban J connectivity index is 2.73. The summed E-state index contributed by atoms with van der Waals surface area (Å²) in [5.74, 6) is 0.596. The molecule has 1 aromatic rings. The molecule has 0 fully saturated rings. The summed E-state index contributed by atoms with van der Waals surface area (Å²) in [7, 11) is 0. The van der Waals surface area contributed by atoms with Crippen molar-refractivity contribution in [3.63, 3.8) is 0 Å². The first-order chi connectivity index (χ1) is 7.69. The van der Waals surface area contributed by atoms with Crippen molar-refractivity contribution in [2.24, 2.45) is 0 Å². The standard InChI is InChI=1S/C12H20N2O2/c1-4-6-16-12-7-10(13-8-14-12)9(3)11(15)5-2/h7-9,11,15H,4-6H2,1-3H3. The second-order valence-electron chi connectivity index (χ2n) is 3.89. The predicted octanol–water partition coefficient (Wildman–Crippen LogP) is 2.14. The number of nitrogens with zero attached hydrogens (tertiary/aromatic N) is 2. The molecule has 1 heterocycles. The maximum Gasteiger partial charge on any atom is 0.216 e. The van der Waals surface area contributed by atoms with Gasteiger partial charge in [0.25, 0.3) is 0 Å². The lowest BCUT2D eigenvalue weighted by Gasteiger charge is -2.16. The van der Waals surface area contributed by atoms with Crippen molar-refractivity contribution in [3.05, 3.63) is 18.1 Å². The van der Waals surface area contributed by atoms with Crippen molar-refractivity contribution >= 4 is 0 Å². The summed E-state index contributed by atoms with van der Waals surface area (Å²) >= 11 is 0. The molecule has 0 amide bonds. The van der Waals surface area contributed by atoms with E-state index in [4.69, 9.17) is 4.74 Å². The number of aliphatic hydroxyl groups is 1. The highest BCUT2D eigenvalue weighted by Crippen LogP contribution is 2.21. The number of hydrogen-bond donors (Lipinski definition) is 1. The highest BCUT2D eigenvalue weighted by atomic mass is 16.5. The zero-order valence-electron chi connectivity index (χ0n) is 10.2. The number of ether oxygens (including phenoxy) is 1. The van der Waals surface area contributed by atoms with E-state index in [2.05, 4.69) is 9.97 Å². The molecule has 0 aliphatic carbocycles. The van der Waals surface area contributed by atoms with Crippen molar-refractivity contribution in [2.75, 3.05) is 6.61 Å². The molecule has 1 aromatic heterocycles. The number of rotatable bonds is 6. The Morgan fingerprint density at radius 3 is 2.75 bits per heavy atom. The second kappa shape index (κ2) is 6.43. The van der Waals surface area contributed by atoms with E-state index < -0.39 is 0 Å². The highest BCUT2D eigenvalue weighted by molar-refractivity contribution is 5.17. The fourth-order valence-corrected chi connectivity index (χ4v) is 1.44. The van der Waals surface area contributed by atoms with E-state index in [9.17, 15) is 5.11 Å². The average molecular weight is 224 g/mol. The third kappa shape index (κ3) is 3.45. The topological polar surface area (TPSA) is 55.2 Å². The molecule has 4 nitrogen and oxygen atoms in total. The van der Waals surface area contributed by atoms with Crippen molar-refractivity contribution in [3.8, 4) is 5.88 Å². The molecule has 0 radical (unpaired) electrons. The van der Waals surface area contributed by atoms with E-state index in [0.717, 1.165) is 18.5 Å². The van der Waals surface area contributed by atoms with Crippen molar-refractivity contribution in [1.29, 1.82) is 0 Å². The van der Waals surface area contributed by atoms with Crippen LogP contribution in [0.1, 0.15) is 45.2 Å². The van der Waals surface area contributed by atoms with Gasteiger partial charge in [-0.15, -0.1) is 0 Å². The van der Waals surface area contributed by atoms with Crippen LogP contribution in [0.4, 0.5) is 0 Å². The van der Waals surface area contributed by atoms with Crippen molar-refractivity contribution in [1.82, 2.24) is 9.97 Å². The normalized spacial score (nSPS) is 14.5. The van der Waals surface area contributed by atoms with Crippen LogP contribution in [0.3, 0.4) is 0 Å². The minimum atomic E-state index is -0.367. The van der Waals surface area contributed by atoms with Crippen LogP contribution in [-0.2, 0) is 0 Å². The monoisotopic (exact) mass is 224 g/mol. The molecular weight excluding hydrogens is 204 g/mol. The molecule has 0 saturated heterocycles. The Kier molecular flexibility index (Phi) is 5.19. The van der Waals surface area contributed by atoms with Crippen LogP contribution >= 0.6 is 0 Å². The minimum absolute atomic E-state index is 0.0111. The fraction of sp³-hybridized carbons (Fsp3) is 0.667. The smallest absolute Gasteiger partial charge is 0.216 e. The largest absolute Gasteiger partial charge is 0.478 e. The summed E-state index contributed by atoms with van der Waals surface area (Å²) in [4.78, 5) is 8.19. The summed E-state index contributed by atoms with van der Waals surface area (Å²) in [5, 5.41) is 9.75. The van der Waals surface area contributed by atoms with Gasteiger partial charge in [0.15, 0.2) is 0 Å². The molecule has 2 atom stereocenters. The van der Waals surface area contributed by atoms with Gasteiger partial charge in [-0.1, -0.05) is 20.8 Å². The van der Waals surface area contributed by atoms with Crippen LogP contribution in [0.25, 0.3) is 0 Å². The van der Waals surface area contributed by atoms with Crippen molar-refractivity contribution < 1.29 is 9.84 Å². The molecule has 0 aliphatic heterocycles. The van der Waals surface area contributed by atoms with Gasteiger partial charge >= 0.3 is 0 Å². The van der Waals surface area contributed by atoms with Crippen molar-refractivity contribution in [2.45, 2.75) is 45.6 Å². The summed E-state index contributed by atoms with van der Waals surface area (Å²) in [6.07, 6.45) is 2.79. The molecule has 0 spiro atoms. The average Bonchev–Trinajstić information content (AvgIpc) is 2.34. The van der Waals surface area contributed by atoms with E-state index in [1.807, 2.05) is 20.8 Å². The van der Waals surface area contributed by atoms with Crippen LogP contribution in [0.2, 0.25) is 0 Å². The maximum atomic E-state index is 9.75. The van der Waals surface area contributed by atoms with Gasteiger partial charge in [-0.2, -0.15) is 0 Å². The molecule has 2 unspecified atom stereocenters. The third-order valence-corrected chi connectivity index (χ3v) is 2.58. The van der Waals surface area contributed by atoms with E-state index in [-0.39, 0.29) is 12.0 Å². The first-order valence-corrected chi connectivity index (χ1v) is 5.81. The Morgan fingerprint density at radius 2 is 2.12 bits per heavy atom. The minimum Gasteiger partial charge on any atom is -0.478 e. The van der Waals surface area contributed by atoms with Gasteiger partial charge in [-0.25, -0.2) is 9.97 Å². The predicted molar refractivity (Wildman–Crippen MR) is 62.5 cm³/mol. The number of aliphatic hydroxyl groups excluding tert-OH is 1. The van der Waals surface area contributed by atoms with E-state index in [0.29, 0.717) is 12.5 Å². The Bertz CT molecular complexity index is 318. The zero-order valence-corrected chi connectivity index (χ0v) is 10.2. The Hall–Kier alpha value is -1.16. The molecule has 4 heteroatoms. The molecular formula is C12H20N2O2. The second-order valence-corrected chi connectivity index (χ2v) is 3.89. The van der Waals surface area contributed by atoms with Gasteiger partial charge in [0, 0.05) is 12.0 Å². The van der Waals surface area contributed by atoms with E-state index in [1.165, 1.54) is 6.33 Å². The lowest BCUT2D eigenvalue weighted by molar-refractivity contribution is 0.143. The van der Waals surface area contributed by atoms with Gasteiger partial charge < -0.3 is 9.84 Å². The summed E-state index contributed by atoms with van der Waals surface area (Å²) < 4.78 is 5.43. The van der Waals surface area contributed by atoms with Crippen LogP contribution in [0, 0.1) is 0 Å². The van der Waals surface area contributed by atoms with E-state index >= 15 is 0 Å². The van der Waals surface area contributed by atoms with Crippen LogP contribution in [0.15, 0.2) is 12.4 Å². The number of aromatic nitrogens is 2. The van der Waals surface area contributed by atoms with Gasteiger partial charge in [0.1, 0.15) is 6.33 Å². The lowest BCUT2D eigenvalue weighted by atomic mass is 9.99. The molecule has 0 aliphatic rings. The molecule has 90 valence electrons. The van der Waals surface area contributed by atoms with E-state index in [1.54, 1.807) is 6.07 Å². The molecule has 1 rings (SSSR count). The summed E-state index contributed by atoms with van der Waals surface area (Å²) in [6, 6.07) is 1.80. The fourth-order valence-electron chi connectivity index (χ4n) is 1.44. The summed E-state index contributed by atoms with van der Waals surface area (Å²) in [6.45, 7) is 6.61. The summed E-state index contributed by atoms with van der Waals surface area (Å²) in [5.41, 5.74) is 0.829. The molecule has 0 saturated carbocycles. The van der Waals surface area contributed by atoms with Crippen LogP contribution < -0.4 is 4.74 Å². The first-order valence-electron chi connectivity index (χ1n) is 5.81. The van der Waals surface area contributed by atoms with Gasteiger partial charge in [-0.05, 0) is 12.8 Å². The van der Waals surface area contributed by atoms with Crippen LogP contribution in [0.5, 0.6) is 5.88 Å². The van der Waals surface area contributed by atoms with Gasteiger partial charge in [0.2, 0.25) is 5.88 Å². The van der Waals surface area contributed by atoms with Crippen LogP contribution in [-0.4, -0.2) is 27.8 Å². The number of hydrogen-bond acceptors (Lipinski definition) is 4. The highest BCUT2D eigenvalue weighted by Gasteiger charge is 2.16. The lowest BCUT2D eigenvalue weighted by Crippen LogP contribution is -2.16. The first kappa shape index (κ1) is 12.9. The quantitative estimate of drug-likeness (QED) is 0.804. The third-order valence-electron chi connectivity index (χ3n) is 2.58. The van der Waals surface area contributed by atoms with Gasteiger partial charge in [-0.3, -0.25) is 0 Å². The van der Waals surface area contributed by atoms with Gasteiger partial charge in [0.05, 0.1) is 18.4 Å².